The number of rotatable bonds is 7. The van der Waals surface area contributed by atoms with Crippen molar-refractivity contribution >= 4 is 40.0 Å². The summed E-state index contributed by atoms with van der Waals surface area (Å²) in [5, 5.41) is 11.1. The van der Waals surface area contributed by atoms with Crippen LogP contribution in [0.1, 0.15) is 21.5 Å². The smallest absolute Gasteiger partial charge is 0.411 e. The monoisotopic (exact) mass is 491 g/mol. The van der Waals surface area contributed by atoms with E-state index < -0.39 is 6.09 Å². The minimum atomic E-state index is -0.519. The van der Waals surface area contributed by atoms with Crippen molar-refractivity contribution in [1.29, 1.82) is 0 Å². The van der Waals surface area contributed by atoms with Gasteiger partial charge >= 0.3 is 6.09 Å². The number of carbonyl (C=O) groups excluding carboxylic acids is 2. The van der Waals surface area contributed by atoms with E-state index in [1.54, 1.807) is 30.3 Å². The molecule has 37 heavy (non-hydrogen) atoms. The second kappa shape index (κ2) is 10.7. The predicted molar refractivity (Wildman–Crippen MR) is 144 cm³/mol. The fourth-order valence-corrected chi connectivity index (χ4v) is 3.87. The number of para-hydroxylation sites is 2. The van der Waals surface area contributed by atoms with Gasteiger partial charge in [-0.3, -0.25) is 14.8 Å². The van der Waals surface area contributed by atoms with E-state index in [1.165, 1.54) is 0 Å². The third-order valence-corrected chi connectivity index (χ3v) is 5.78. The standard InChI is InChI=1S/C29H25N5O3/c30-25-8-4-5-9-27(25)32-28(35)22-12-10-20(11-13-22)17-34-18-23-16-24(14-15-26(23)33-34)31-29(36)37-19-21-6-2-1-3-7-21/h1-16,18H,17,19,30H2,(H,31,36)(H,32,35). The molecule has 0 radical (unpaired) electrons. The minimum absolute atomic E-state index is 0.202. The first-order valence-corrected chi connectivity index (χ1v) is 11.7. The highest BCUT2D eigenvalue weighted by molar-refractivity contribution is 6.05. The third-order valence-electron chi connectivity index (χ3n) is 5.78. The van der Waals surface area contributed by atoms with Crippen LogP contribution in [0.2, 0.25) is 0 Å². The molecule has 0 aliphatic heterocycles. The number of anilines is 3. The molecule has 0 saturated carbocycles. The highest BCUT2D eigenvalue weighted by atomic mass is 16.5. The number of nitrogen functional groups attached to an aromatic ring is 1. The number of fused-ring (bicyclic) bond motifs is 1. The first-order valence-electron chi connectivity index (χ1n) is 11.7. The summed E-state index contributed by atoms with van der Waals surface area (Å²) >= 11 is 0. The van der Waals surface area contributed by atoms with Crippen molar-refractivity contribution in [2.45, 2.75) is 13.2 Å². The van der Waals surface area contributed by atoms with Gasteiger partial charge in [0.05, 0.1) is 23.4 Å². The van der Waals surface area contributed by atoms with Gasteiger partial charge in [-0.25, -0.2) is 4.79 Å². The molecule has 1 aromatic heterocycles. The van der Waals surface area contributed by atoms with Crippen molar-refractivity contribution in [3.63, 3.8) is 0 Å². The maximum Gasteiger partial charge on any atom is 0.411 e. The van der Waals surface area contributed by atoms with Crippen molar-refractivity contribution in [3.05, 3.63) is 120 Å². The number of nitrogens with one attached hydrogen (secondary N) is 2. The van der Waals surface area contributed by atoms with Crippen LogP contribution in [0.5, 0.6) is 0 Å². The molecule has 0 unspecified atom stereocenters. The van der Waals surface area contributed by atoms with E-state index in [0.717, 1.165) is 22.0 Å². The molecule has 0 aliphatic rings. The average Bonchev–Trinajstić information content (AvgIpc) is 3.31. The van der Waals surface area contributed by atoms with Gasteiger partial charge in [-0.15, -0.1) is 0 Å². The van der Waals surface area contributed by atoms with E-state index in [9.17, 15) is 9.59 Å². The minimum Gasteiger partial charge on any atom is -0.444 e. The molecule has 5 aromatic rings. The van der Waals surface area contributed by atoms with Gasteiger partial charge in [0.2, 0.25) is 0 Å². The molecule has 0 bridgehead atoms. The summed E-state index contributed by atoms with van der Waals surface area (Å²) in [6, 6.07) is 29.5. The van der Waals surface area contributed by atoms with Crippen molar-refractivity contribution < 1.29 is 14.3 Å². The Kier molecular flexibility index (Phi) is 6.80. The van der Waals surface area contributed by atoms with Crippen LogP contribution in [-0.4, -0.2) is 21.8 Å². The molecular weight excluding hydrogens is 466 g/mol. The predicted octanol–water partition coefficient (Wildman–Crippen LogP) is 5.67. The Morgan fingerprint density at radius 1 is 0.838 bits per heavy atom. The van der Waals surface area contributed by atoms with Gasteiger partial charge in [0.1, 0.15) is 6.61 Å². The highest BCUT2D eigenvalue weighted by Crippen LogP contribution is 2.20. The summed E-state index contributed by atoms with van der Waals surface area (Å²) in [5.74, 6) is -0.225. The summed E-state index contributed by atoms with van der Waals surface area (Å²) in [5.41, 5.74) is 10.9. The number of ether oxygens (including phenoxy) is 1. The summed E-state index contributed by atoms with van der Waals surface area (Å²) in [7, 11) is 0. The van der Waals surface area contributed by atoms with E-state index in [4.69, 9.17) is 10.5 Å². The number of amides is 2. The molecule has 8 heteroatoms. The fourth-order valence-electron chi connectivity index (χ4n) is 3.87. The Morgan fingerprint density at radius 2 is 1.59 bits per heavy atom. The molecule has 184 valence electrons. The topological polar surface area (TPSA) is 111 Å². The van der Waals surface area contributed by atoms with Crippen LogP contribution >= 0.6 is 0 Å². The zero-order chi connectivity index (χ0) is 25.6. The molecular formula is C29H25N5O3. The molecule has 4 aromatic carbocycles. The molecule has 0 spiro atoms. The first-order chi connectivity index (χ1) is 18.0. The summed E-state index contributed by atoms with van der Waals surface area (Å²) in [6.07, 6.45) is 1.39. The van der Waals surface area contributed by atoms with Crippen LogP contribution in [0.25, 0.3) is 10.9 Å². The van der Waals surface area contributed by atoms with Crippen LogP contribution in [0.4, 0.5) is 21.9 Å². The number of carbonyl (C=O) groups is 2. The van der Waals surface area contributed by atoms with Crippen molar-refractivity contribution in [2.24, 2.45) is 0 Å². The molecule has 0 atom stereocenters. The molecule has 0 saturated heterocycles. The molecule has 1 heterocycles. The summed E-state index contributed by atoms with van der Waals surface area (Å²) in [4.78, 5) is 24.7. The van der Waals surface area contributed by atoms with Crippen LogP contribution < -0.4 is 16.4 Å². The van der Waals surface area contributed by atoms with E-state index in [-0.39, 0.29) is 12.5 Å². The van der Waals surface area contributed by atoms with E-state index >= 15 is 0 Å². The summed E-state index contributed by atoms with van der Waals surface area (Å²) < 4.78 is 7.11. The zero-order valence-corrected chi connectivity index (χ0v) is 19.9. The second-order valence-electron chi connectivity index (χ2n) is 8.53. The lowest BCUT2D eigenvalue weighted by molar-refractivity contribution is 0.102. The van der Waals surface area contributed by atoms with Gasteiger partial charge in [0.15, 0.2) is 0 Å². The normalized spacial score (nSPS) is 10.7. The summed E-state index contributed by atoms with van der Waals surface area (Å²) in [6.45, 7) is 0.734. The molecule has 4 N–H and O–H groups in total. The zero-order valence-electron chi connectivity index (χ0n) is 19.9. The van der Waals surface area contributed by atoms with Crippen molar-refractivity contribution in [2.75, 3.05) is 16.4 Å². The quantitative estimate of drug-likeness (QED) is 0.254. The average molecular weight is 492 g/mol. The Balaban J connectivity index is 1.19. The number of nitrogens with two attached hydrogens (primary N) is 1. The Labute approximate surface area is 213 Å². The number of nitrogens with zero attached hydrogens (tertiary/aromatic N) is 2. The molecule has 0 fully saturated rings. The van der Waals surface area contributed by atoms with Gasteiger partial charge in [-0.2, -0.15) is 5.10 Å². The van der Waals surface area contributed by atoms with Crippen LogP contribution in [-0.2, 0) is 17.9 Å². The van der Waals surface area contributed by atoms with Crippen LogP contribution in [0.15, 0.2) is 103 Å². The molecule has 8 nitrogen and oxygen atoms in total. The first kappa shape index (κ1) is 23.6. The number of hydrogen-bond acceptors (Lipinski definition) is 5. The maximum atomic E-state index is 12.6. The molecule has 5 rings (SSSR count). The number of hydrogen-bond donors (Lipinski definition) is 3. The highest BCUT2D eigenvalue weighted by Gasteiger charge is 2.10. The third kappa shape index (κ3) is 5.94. The fraction of sp³-hybridized carbons (Fsp3) is 0.0690. The molecule has 2 amide bonds. The Morgan fingerprint density at radius 3 is 2.38 bits per heavy atom. The largest absolute Gasteiger partial charge is 0.444 e. The van der Waals surface area contributed by atoms with E-state index in [2.05, 4.69) is 15.7 Å². The van der Waals surface area contributed by atoms with E-state index in [0.29, 0.717) is 29.2 Å². The molecule has 0 aliphatic carbocycles. The second-order valence-corrected chi connectivity index (χ2v) is 8.53. The van der Waals surface area contributed by atoms with Gasteiger partial charge in [-0.05, 0) is 53.6 Å². The SMILES string of the molecule is Nc1ccccc1NC(=O)c1ccc(Cn2cc3cc(NC(=O)OCc4ccccc4)ccc3n2)cc1. The van der Waals surface area contributed by atoms with E-state index in [1.807, 2.05) is 77.6 Å². The van der Waals surface area contributed by atoms with Gasteiger partial charge < -0.3 is 15.8 Å². The van der Waals surface area contributed by atoms with Gasteiger partial charge in [0, 0.05) is 22.8 Å². The van der Waals surface area contributed by atoms with Crippen molar-refractivity contribution in [3.8, 4) is 0 Å². The van der Waals surface area contributed by atoms with Crippen LogP contribution in [0, 0.1) is 0 Å². The Hall–Kier alpha value is -5.11. The maximum absolute atomic E-state index is 12.6. The van der Waals surface area contributed by atoms with Crippen LogP contribution in [0.3, 0.4) is 0 Å². The Bertz CT molecular complexity index is 1550. The number of aromatic nitrogens is 2. The van der Waals surface area contributed by atoms with Gasteiger partial charge in [-0.1, -0.05) is 54.6 Å². The van der Waals surface area contributed by atoms with Crippen molar-refractivity contribution in [1.82, 2.24) is 9.78 Å². The lowest BCUT2D eigenvalue weighted by Gasteiger charge is -2.08. The lowest BCUT2D eigenvalue weighted by atomic mass is 10.1. The van der Waals surface area contributed by atoms with Gasteiger partial charge in [0.25, 0.3) is 5.91 Å². The lowest BCUT2D eigenvalue weighted by Crippen LogP contribution is -2.13. The number of benzene rings is 4.